The van der Waals surface area contributed by atoms with Gasteiger partial charge < -0.3 is 4.74 Å². The molecule has 7 heteroatoms. The normalized spacial score (nSPS) is 11.7. The second kappa shape index (κ2) is 8.49. The first-order valence-electron chi connectivity index (χ1n) is 10.1. The number of alkyl halides is 3. The summed E-state index contributed by atoms with van der Waals surface area (Å²) in [5, 5.41) is 0. The molecule has 0 bridgehead atoms. The second-order valence-electron chi connectivity index (χ2n) is 7.68. The number of hydrogen-bond donors (Lipinski definition) is 0. The first-order chi connectivity index (χ1) is 15.2. The lowest BCUT2D eigenvalue weighted by molar-refractivity contribution is -0.137. The smallest absolute Gasteiger partial charge is 0.416 e. The lowest BCUT2D eigenvalue weighted by Crippen LogP contribution is -2.07. The number of nitrogens with zero attached hydrogens (tertiary/aromatic N) is 2. The molecule has 0 unspecified atom stereocenters. The van der Waals surface area contributed by atoms with Gasteiger partial charge in [-0.05, 0) is 67.8 Å². The van der Waals surface area contributed by atoms with Gasteiger partial charge in [-0.15, -0.1) is 0 Å². The molecule has 164 valence electrons. The van der Waals surface area contributed by atoms with Crippen molar-refractivity contribution in [2.45, 2.75) is 32.9 Å². The van der Waals surface area contributed by atoms with Crippen LogP contribution < -0.4 is 4.74 Å². The van der Waals surface area contributed by atoms with Crippen molar-refractivity contribution in [1.29, 1.82) is 0 Å². The zero-order valence-electron chi connectivity index (χ0n) is 17.6. The van der Waals surface area contributed by atoms with Gasteiger partial charge in [-0.25, -0.2) is 4.98 Å². The van der Waals surface area contributed by atoms with E-state index in [9.17, 15) is 18.0 Å². The number of aromatic nitrogens is 2. The maximum absolute atomic E-state index is 12.9. The molecule has 2 aromatic heterocycles. The van der Waals surface area contributed by atoms with Crippen LogP contribution in [-0.4, -0.2) is 15.2 Å². The van der Waals surface area contributed by atoms with Gasteiger partial charge in [0.15, 0.2) is 5.78 Å². The van der Waals surface area contributed by atoms with Crippen molar-refractivity contribution in [2.75, 3.05) is 0 Å². The van der Waals surface area contributed by atoms with E-state index in [1.54, 1.807) is 12.1 Å². The maximum atomic E-state index is 12.9. The van der Waals surface area contributed by atoms with Crippen LogP contribution in [-0.2, 0) is 12.6 Å². The molecular weight excluding hydrogens is 417 g/mol. The van der Waals surface area contributed by atoms with Gasteiger partial charge in [-0.2, -0.15) is 13.2 Å². The predicted molar refractivity (Wildman–Crippen MR) is 115 cm³/mol. The van der Waals surface area contributed by atoms with E-state index in [-0.39, 0.29) is 11.5 Å². The van der Waals surface area contributed by atoms with E-state index < -0.39 is 11.7 Å². The SMILES string of the molecule is Cc1ccc2nc(C)c(C(=O)CCc3ccc(Oc4cccc(C(F)(F)F)c4)cc3)n2c1. The fourth-order valence-electron chi connectivity index (χ4n) is 3.58. The van der Waals surface area contributed by atoms with Crippen molar-refractivity contribution in [3.63, 3.8) is 0 Å². The minimum atomic E-state index is -4.42. The average molecular weight is 438 g/mol. The Morgan fingerprint density at radius 2 is 1.75 bits per heavy atom. The van der Waals surface area contributed by atoms with Crippen molar-refractivity contribution in [2.24, 2.45) is 0 Å². The van der Waals surface area contributed by atoms with Crippen LogP contribution >= 0.6 is 0 Å². The molecule has 0 spiro atoms. The van der Waals surface area contributed by atoms with Crippen molar-refractivity contribution in [3.05, 3.63) is 94.9 Å². The summed E-state index contributed by atoms with van der Waals surface area (Å²) in [5.41, 5.74) is 3.24. The van der Waals surface area contributed by atoms with Crippen LogP contribution in [0.1, 0.15) is 39.3 Å². The zero-order valence-corrected chi connectivity index (χ0v) is 17.6. The molecule has 0 radical (unpaired) electrons. The van der Waals surface area contributed by atoms with Gasteiger partial charge >= 0.3 is 6.18 Å². The first kappa shape index (κ1) is 21.6. The molecule has 32 heavy (non-hydrogen) atoms. The third-order valence-electron chi connectivity index (χ3n) is 5.17. The van der Waals surface area contributed by atoms with Crippen molar-refractivity contribution >= 4 is 11.4 Å². The highest BCUT2D eigenvalue weighted by Gasteiger charge is 2.30. The molecule has 0 aliphatic heterocycles. The number of carbonyl (C=O) groups is 1. The average Bonchev–Trinajstić information content (AvgIpc) is 3.07. The van der Waals surface area contributed by atoms with Crippen LogP contribution in [0.25, 0.3) is 5.65 Å². The lowest BCUT2D eigenvalue weighted by Gasteiger charge is -2.10. The summed E-state index contributed by atoms with van der Waals surface area (Å²) >= 11 is 0. The number of benzene rings is 2. The number of pyridine rings is 1. The Labute approximate surface area is 183 Å². The summed E-state index contributed by atoms with van der Waals surface area (Å²) in [6, 6.07) is 15.6. The van der Waals surface area contributed by atoms with Crippen LogP contribution in [0.2, 0.25) is 0 Å². The second-order valence-corrected chi connectivity index (χ2v) is 7.68. The van der Waals surface area contributed by atoms with E-state index in [2.05, 4.69) is 4.98 Å². The standard InChI is InChI=1S/C25H21F3N2O2/c1-16-6-13-23-29-17(2)24(30(23)15-16)22(31)12-9-18-7-10-20(11-8-18)32-21-5-3-4-19(14-21)25(26,27)28/h3-8,10-11,13-15H,9,12H2,1-2H3. The third-order valence-corrected chi connectivity index (χ3v) is 5.17. The Morgan fingerprint density at radius 3 is 2.47 bits per heavy atom. The molecule has 2 aromatic carbocycles. The molecule has 0 N–H and O–H groups in total. The van der Waals surface area contributed by atoms with Gasteiger partial charge in [-0.3, -0.25) is 9.20 Å². The number of halogens is 3. The summed E-state index contributed by atoms with van der Waals surface area (Å²) in [5.74, 6) is 0.540. The zero-order chi connectivity index (χ0) is 22.9. The molecule has 0 aliphatic carbocycles. The highest BCUT2D eigenvalue weighted by Crippen LogP contribution is 2.32. The van der Waals surface area contributed by atoms with Crippen molar-refractivity contribution in [1.82, 2.24) is 9.38 Å². The number of rotatable bonds is 6. The molecule has 2 heterocycles. The van der Waals surface area contributed by atoms with Gasteiger partial charge in [0.2, 0.25) is 0 Å². The van der Waals surface area contributed by atoms with Crippen LogP contribution in [0.5, 0.6) is 11.5 Å². The largest absolute Gasteiger partial charge is 0.457 e. The Kier molecular flexibility index (Phi) is 5.74. The number of fused-ring (bicyclic) bond motifs is 1. The monoisotopic (exact) mass is 438 g/mol. The van der Waals surface area contributed by atoms with Crippen LogP contribution in [0.4, 0.5) is 13.2 Å². The molecule has 0 atom stereocenters. The summed E-state index contributed by atoms with van der Waals surface area (Å²) in [6.45, 7) is 3.79. The summed E-state index contributed by atoms with van der Waals surface area (Å²) in [4.78, 5) is 17.3. The number of hydrogen-bond acceptors (Lipinski definition) is 3. The minimum absolute atomic E-state index is 0.00453. The molecule has 0 saturated carbocycles. The van der Waals surface area contributed by atoms with E-state index in [0.717, 1.165) is 28.9 Å². The van der Waals surface area contributed by atoms with Gasteiger partial charge in [0.1, 0.15) is 22.8 Å². The molecule has 0 fully saturated rings. The summed E-state index contributed by atoms with van der Waals surface area (Å²) in [7, 11) is 0. The van der Waals surface area contributed by atoms with Crippen LogP contribution in [0.15, 0.2) is 66.9 Å². The number of ketones is 1. The highest BCUT2D eigenvalue weighted by atomic mass is 19.4. The molecule has 0 saturated heterocycles. The van der Waals surface area contributed by atoms with Gasteiger partial charge in [0.05, 0.1) is 11.3 Å². The first-order valence-corrected chi connectivity index (χ1v) is 10.1. The molecular formula is C25H21F3N2O2. The van der Waals surface area contributed by atoms with Gasteiger partial charge in [0, 0.05) is 12.6 Å². The third kappa shape index (κ3) is 4.66. The number of Topliss-reactive ketones (excluding diaryl/α,β-unsaturated/α-hetero) is 1. The van der Waals surface area contributed by atoms with E-state index >= 15 is 0 Å². The number of ether oxygens (including phenoxy) is 1. The Morgan fingerprint density at radius 1 is 1.00 bits per heavy atom. The van der Waals surface area contributed by atoms with Gasteiger partial charge in [0.25, 0.3) is 0 Å². The fourth-order valence-corrected chi connectivity index (χ4v) is 3.58. The number of carbonyl (C=O) groups excluding carboxylic acids is 1. The van der Waals surface area contributed by atoms with E-state index in [1.807, 2.05) is 48.7 Å². The maximum Gasteiger partial charge on any atom is 0.416 e. The highest BCUT2D eigenvalue weighted by molar-refractivity contribution is 5.96. The van der Waals surface area contributed by atoms with E-state index in [0.29, 0.717) is 30.0 Å². The number of aryl methyl sites for hydroxylation is 3. The van der Waals surface area contributed by atoms with Gasteiger partial charge in [-0.1, -0.05) is 24.3 Å². The van der Waals surface area contributed by atoms with E-state index in [4.69, 9.17) is 4.74 Å². The van der Waals surface area contributed by atoms with Crippen LogP contribution in [0, 0.1) is 13.8 Å². The molecule has 0 amide bonds. The lowest BCUT2D eigenvalue weighted by atomic mass is 10.1. The molecule has 0 aliphatic rings. The summed E-state index contributed by atoms with van der Waals surface area (Å²) < 4.78 is 45.9. The van der Waals surface area contributed by atoms with Crippen molar-refractivity contribution < 1.29 is 22.7 Å². The molecule has 4 rings (SSSR count). The van der Waals surface area contributed by atoms with Crippen LogP contribution in [0.3, 0.4) is 0 Å². The number of imidazole rings is 1. The van der Waals surface area contributed by atoms with Crippen molar-refractivity contribution in [3.8, 4) is 11.5 Å². The quantitative estimate of drug-likeness (QED) is 0.320. The topological polar surface area (TPSA) is 43.6 Å². The minimum Gasteiger partial charge on any atom is -0.457 e. The Bertz CT molecular complexity index is 1270. The molecule has 4 nitrogen and oxygen atoms in total. The molecule has 4 aromatic rings. The predicted octanol–water partition coefficient (Wildman–Crippen LogP) is 6.58. The Balaban J connectivity index is 1.42. The van der Waals surface area contributed by atoms with E-state index in [1.165, 1.54) is 12.1 Å². The Hall–Kier alpha value is -3.61. The summed E-state index contributed by atoms with van der Waals surface area (Å²) in [6.07, 6.45) is -1.67. The fraction of sp³-hybridized carbons (Fsp3) is 0.200.